The molecule has 2 aliphatic carbocycles. The van der Waals surface area contributed by atoms with Gasteiger partial charge in [0, 0.05) is 0 Å². The van der Waals surface area contributed by atoms with Gasteiger partial charge in [-0.25, -0.2) is 4.39 Å². The standard InChI is InChI=1S/C19H28FN/c1-2-21-13-16(9-14-4-7-19(20)8-5-14)12-18-11-15-3-6-17(18)10-15/h4-5,7-8,15-18,21H,2-3,6,9-13H2,1H3. The lowest BCUT2D eigenvalue weighted by atomic mass is 9.80. The fourth-order valence-electron chi connectivity index (χ4n) is 4.63. The van der Waals surface area contributed by atoms with Gasteiger partial charge in [-0.15, -0.1) is 0 Å². The van der Waals surface area contributed by atoms with Crippen LogP contribution in [0.15, 0.2) is 24.3 Å². The van der Waals surface area contributed by atoms with E-state index >= 15 is 0 Å². The summed E-state index contributed by atoms with van der Waals surface area (Å²) in [7, 11) is 0. The van der Waals surface area contributed by atoms with E-state index in [2.05, 4.69) is 12.2 Å². The Hall–Kier alpha value is -0.890. The zero-order valence-corrected chi connectivity index (χ0v) is 13.2. The van der Waals surface area contributed by atoms with Crippen LogP contribution in [0.3, 0.4) is 0 Å². The van der Waals surface area contributed by atoms with Crippen molar-refractivity contribution in [3.8, 4) is 0 Å². The van der Waals surface area contributed by atoms with Crippen molar-refractivity contribution in [2.45, 2.75) is 45.4 Å². The second-order valence-corrected chi connectivity index (χ2v) is 7.17. The summed E-state index contributed by atoms with van der Waals surface area (Å²) in [6, 6.07) is 7.10. The maximum Gasteiger partial charge on any atom is 0.123 e. The Kier molecular flexibility index (Phi) is 4.95. The van der Waals surface area contributed by atoms with E-state index in [1.807, 2.05) is 12.1 Å². The molecule has 0 aromatic heterocycles. The Labute approximate surface area is 128 Å². The topological polar surface area (TPSA) is 12.0 Å². The first-order chi connectivity index (χ1) is 10.2. The van der Waals surface area contributed by atoms with Crippen LogP contribution in [-0.2, 0) is 6.42 Å². The Morgan fingerprint density at radius 2 is 2.00 bits per heavy atom. The second kappa shape index (κ2) is 6.91. The maximum absolute atomic E-state index is 13.0. The smallest absolute Gasteiger partial charge is 0.123 e. The minimum Gasteiger partial charge on any atom is -0.317 e. The summed E-state index contributed by atoms with van der Waals surface area (Å²) >= 11 is 0. The number of halogens is 1. The number of benzene rings is 1. The molecule has 0 aliphatic heterocycles. The predicted octanol–water partition coefficient (Wildman–Crippen LogP) is 4.42. The van der Waals surface area contributed by atoms with Crippen LogP contribution in [0.2, 0.25) is 0 Å². The number of fused-ring (bicyclic) bond motifs is 2. The van der Waals surface area contributed by atoms with Crippen LogP contribution in [0.25, 0.3) is 0 Å². The van der Waals surface area contributed by atoms with Crippen molar-refractivity contribution in [3.05, 3.63) is 35.6 Å². The third-order valence-electron chi connectivity index (χ3n) is 5.64. The molecule has 0 spiro atoms. The highest BCUT2D eigenvalue weighted by Gasteiger charge is 2.39. The molecule has 0 heterocycles. The Morgan fingerprint density at radius 1 is 1.19 bits per heavy atom. The van der Waals surface area contributed by atoms with Gasteiger partial charge in [0.2, 0.25) is 0 Å². The van der Waals surface area contributed by atoms with Crippen LogP contribution < -0.4 is 5.32 Å². The molecule has 116 valence electrons. The van der Waals surface area contributed by atoms with Gasteiger partial charge in [-0.3, -0.25) is 0 Å². The quantitative estimate of drug-likeness (QED) is 0.783. The van der Waals surface area contributed by atoms with E-state index in [1.165, 1.54) is 37.7 Å². The minimum atomic E-state index is -0.130. The molecule has 0 amide bonds. The number of nitrogens with one attached hydrogen (secondary N) is 1. The number of hydrogen-bond acceptors (Lipinski definition) is 1. The maximum atomic E-state index is 13.0. The van der Waals surface area contributed by atoms with Crippen LogP contribution in [-0.4, -0.2) is 13.1 Å². The average molecular weight is 289 g/mol. The molecule has 4 unspecified atom stereocenters. The fourth-order valence-corrected chi connectivity index (χ4v) is 4.63. The molecule has 0 saturated heterocycles. The molecule has 2 fully saturated rings. The number of rotatable bonds is 7. The van der Waals surface area contributed by atoms with Gasteiger partial charge in [0.1, 0.15) is 5.82 Å². The van der Waals surface area contributed by atoms with Gasteiger partial charge in [0.15, 0.2) is 0 Å². The molecule has 2 aliphatic rings. The van der Waals surface area contributed by atoms with Gasteiger partial charge >= 0.3 is 0 Å². The van der Waals surface area contributed by atoms with Crippen LogP contribution in [0, 0.1) is 29.5 Å². The first-order valence-corrected chi connectivity index (χ1v) is 8.69. The summed E-state index contributed by atoms with van der Waals surface area (Å²) in [5.74, 6) is 3.56. The van der Waals surface area contributed by atoms with Gasteiger partial charge in [-0.1, -0.05) is 25.5 Å². The van der Waals surface area contributed by atoms with E-state index in [-0.39, 0.29) is 5.82 Å². The molecule has 1 aromatic carbocycles. The highest BCUT2D eigenvalue weighted by Crippen LogP contribution is 2.50. The van der Waals surface area contributed by atoms with E-state index in [0.29, 0.717) is 5.92 Å². The molecule has 2 bridgehead atoms. The highest BCUT2D eigenvalue weighted by molar-refractivity contribution is 5.16. The van der Waals surface area contributed by atoms with Crippen molar-refractivity contribution in [1.29, 1.82) is 0 Å². The molecule has 21 heavy (non-hydrogen) atoms. The van der Waals surface area contributed by atoms with Crippen molar-refractivity contribution in [2.75, 3.05) is 13.1 Å². The van der Waals surface area contributed by atoms with Crippen molar-refractivity contribution in [1.82, 2.24) is 5.32 Å². The van der Waals surface area contributed by atoms with E-state index in [0.717, 1.165) is 37.3 Å². The molecule has 1 N–H and O–H groups in total. The van der Waals surface area contributed by atoms with Crippen LogP contribution in [0.5, 0.6) is 0 Å². The van der Waals surface area contributed by atoms with Crippen LogP contribution in [0.1, 0.15) is 44.6 Å². The summed E-state index contributed by atoms with van der Waals surface area (Å²) in [6.45, 7) is 4.31. The third kappa shape index (κ3) is 3.85. The van der Waals surface area contributed by atoms with Gasteiger partial charge in [0.05, 0.1) is 0 Å². The predicted molar refractivity (Wildman–Crippen MR) is 85.7 cm³/mol. The minimum absolute atomic E-state index is 0.130. The van der Waals surface area contributed by atoms with Crippen LogP contribution >= 0.6 is 0 Å². The molecule has 1 nitrogen and oxygen atoms in total. The Balaban J connectivity index is 1.59. The van der Waals surface area contributed by atoms with E-state index in [9.17, 15) is 4.39 Å². The monoisotopic (exact) mass is 289 g/mol. The van der Waals surface area contributed by atoms with Gasteiger partial charge in [0.25, 0.3) is 0 Å². The summed E-state index contributed by atoms with van der Waals surface area (Å²) in [5.41, 5.74) is 1.28. The van der Waals surface area contributed by atoms with Crippen molar-refractivity contribution in [2.24, 2.45) is 23.7 Å². The van der Waals surface area contributed by atoms with Crippen LogP contribution in [0.4, 0.5) is 4.39 Å². The second-order valence-electron chi connectivity index (χ2n) is 7.17. The summed E-state index contributed by atoms with van der Waals surface area (Å²) < 4.78 is 13.0. The SMILES string of the molecule is CCNCC(Cc1ccc(F)cc1)CC1CC2CCC1C2. The summed E-state index contributed by atoms with van der Waals surface area (Å²) in [6.07, 6.45) is 8.36. The zero-order chi connectivity index (χ0) is 14.7. The zero-order valence-electron chi connectivity index (χ0n) is 13.2. The molecular weight excluding hydrogens is 261 g/mol. The van der Waals surface area contributed by atoms with Crippen molar-refractivity contribution >= 4 is 0 Å². The van der Waals surface area contributed by atoms with Crippen molar-refractivity contribution < 1.29 is 4.39 Å². The van der Waals surface area contributed by atoms with E-state index in [4.69, 9.17) is 0 Å². The largest absolute Gasteiger partial charge is 0.317 e. The Morgan fingerprint density at radius 3 is 2.62 bits per heavy atom. The average Bonchev–Trinajstić information content (AvgIpc) is 3.09. The normalized spacial score (nSPS) is 29.0. The molecule has 2 heteroatoms. The molecule has 4 atom stereocenters. The summed E-state index contributed by atoms with van der Waals surface area (Å²) in [4.78, 5) is 0. The number of hydrogen-bond donors (Lipinski definition) is 1. The fraction of sp³-hybridized carbons (Fsp3) is 0.684. The lowest BCUT2D eigenvalue weighted by molar-refractivity contribution is 0.262. The Bertz CT molecular complexity index is 441. The highest BCUT2D eigenvalue weighted by atomic mass is 19.1. The third-order valence-corrected chi connectivity index (χ3v) is 5.64. The molecule has 0 radical (unpaired) electrons. The summed E-state index contributed by atoms with van der Waals surface area (Å²) in [5, 5.41) is 3.52. The van der Waals surface area contributed by atoms with Gasteiger partial charge in [-0.05, 0) is 86.6 Å². The molecule has 1 aromatic rings. The van der Waals surface area contributed by atoms with E-state index in [1.54, 1.807) is 12.1 Å². The van der Waals surface area contributed by atoms with Gasteiger partial charge < -0.3 is 5.32 Å². The van der Waals surface area contributed by atoms with Crippen molar-refractivity contribution in [3.63, 3.8) is 0 Å². The first kappa shape index (κ1) is 15.0. The lowest BCUT2D eigenvalue weighted by Gasteiger charge is -2.27. The first-order valence-electron chi connectivity index (χ1n) is 8.69. The molecular formula is C19H28FN. The van der Waals surface area contributed by atoms with E-state index < -0.39 is 0 Å². The molecule has 3 rings (SSSR count). The molecule has 2 saturated carbocycles. The lowest BCUT2D eigenvalue weighted by Crippen LogP contribution is -2.27. The van der Waals surface area contributed by atoms with Gasteiger partial charge in [-0.2, -0.15) is 0 Å².